The Kier molecular flexibility index (Phi) is 6.46. The molecule has 0 atom stereocenters. The van der Waals surface area contributed by atoms with Crippen LogP contribution in [0.2, 0.25) is 0 Å². The number of pyridine rings is 1. The third-order valence-electron chi connectivity index (χ3n) is 5.48. The maximum absolute atomic E-state index is 11.4. The summed E-state index contributed by atoms with van der Waals surface area (Å²) in [6, 6.07) is 6.20. The van der Waals surface area contributed by atoms with Gasteiger partial charge >= 0.3 is 5.97 Å². The van der Waals surface area contributed by atoms with Crippen LogP contribution >= 0.6 is 15.9 Å². The second-order valence-electron chi connectivity index (χ2n) is 7.45. The molecule has 0 amide bonds. The second kappa shape index (κ2) is 9.24. The minimum absolute atomic E-state index is 0.0593. The third-order valence-corrected chi connectivity index (χ3v) is 5.92. The van der Waals surface area contributed by atoms with Gasteiger partial charge in [0.15, 0.2) is 0 Å². The lowest BCUT2D eigenvalue weighted by atomic mass is 9.96. The van der Waals surface area contributed by atoms with E-state index in [0.29, 0.717) is 26.2 Å². The number of nitrogens with zero attached hydrogens (tertiary/aromatic N) is 4. The minimum atomic E-state index is -0.810. The van der Waals surface area contributed by atoms with Crippen LogP contribution in [0.1, 0.15) is 30.3 Å². The molecule has 3 aromatic rings. The highest BCUT2D eigenvalue weighted by molar-refractivity contribution is 9.10. The van der Waals surface area contributed by atoms with Crippen LogP contribution < -0.4 is 0 Å². The van der Waals surface area contributed by atoms with Crippen molar-refractivity contribution >= 4 is 27.4 Å². The fraction of sp³-hybridized carbons (Fsp3) is 0.409. The SMILES string of the molecule is CCc1ccc2c(-c3cncc(Br)c3)c(CCC(=O)O)c(CN3CCOCC3)nn12. The van der Waals surface area contributed by atoms with Crippen molar-refractivity contribution in [2.75, 3.05) is 26.3 Å². The second-order valence-corrected chi connectivity index (χ2v) is 8.37. The van der Waals surface area contributed by atoms with Crippen LogP contribution in [0, 0.1) is 0 Å². The largest absolute Gasteiger partial charge is 0.481 e. The molecule has 0 aliphatic carbocycles. The lowest BCUT2D eigenvalue weighted by Gasteiger charge is -2.27. The minimum Gasteiger partial charge on any atom is -0.481 e. The van der Waals surface area contributed by atoms with E-state index in [0.717, 1.165) is 57.6 Å². The van der Waals surface area contributed by atoms with Gasteiger partial charge in [0.25, 0.3) is 0 Å². The number of ether oxygens (including phenoxy) is 1. The van der Waals surface area contributed by atoms with Gasteiger partial charge in [-0.1, -0.05) is 6.92 Å². The first-order valence-electron chi connectivity index (χ1n) is 10.2. The van der Waals surface area contributed by atoms with Crippen LogP contribution in [0.15, 0.2) is 35.1 Å². The summed E-state index contributed by atoms with van der Waals surface area (Å²) in [7, 11) is 0. The highest BCUT2D eigenvalue weighted by Crippen LogP contribution is 2.33. The molecule has 7 nitrogen and oxygen atoms in total. The number of hydrogen-bond acceptors (Lipinski definition) is 5. The standard InChI is InChI=1S/C22H25BrN4O3/c1-2-17-3-5-20-22(15-11-16(23)13-24-12-15)18(4-6-21(28)29)19(25-27(17)20)14-26-7-9-30-10-8-26/h3,5,11-13H,2,4,6-10,14H2,1H3,(H,28,29). The third kappa shape index (κ3) is 4.40. The van der Waals surface area contributed by atoms with Crippen molar-refractivity contribution < 1.29 is 14.6 Å². The van der Waals surface area contributed by atoms with Crippen molar-refractivity contribution in [1.29, 1.82) is 0 Å². The summed E-state index contributed by atoms with van der Waals surface area (Å²) in [6.07, 6.45) is 4.93. The highest BCUT2D eigenvalue weighted by atomic mass is 79.9. The first-order chi connectivity index (χ1) is 14.6. The number of carboxylic acids is 1. The molecule has 0 saturated carbocycles. The Morgan fingerprint density at radius 1 is 1.27 bits per heavy atom. The summed E-state index contributed by atoms with van der Waals surface area (Å²) in [6.45, 7) is 5.89. The van der Waals surface area contributed by atoms with Gasteiger partial charge in [-0.05, 0) is 52.5 Å². The van der Waals surface area contributed by atoms with Gasteiger partial charge in [-0.2, -0.15) is 5.10 Å². The Labute approximate surface area is 183 Å². The monoisotopic (exact) mass is 472 g/mol. The summed E-state index contributed by atoms with van der Waals surface area (Å²) < 4.78 is 8.38. The lowest BCUT2D eigenvalue weighted by molar-refractivity contribution is -0.136. The Morgan fingerprint density at radius 2 is 2.07 bits per heavy atom. The van der Waals surface area contributed by atoms with Gasteiger partial charge < -0.3 is 9.84 Å². The molecule has 1 fully saturated rings. The number of hydrogen-bond donors (Lipinski definition) is 1. The molecular formula is C22H25BrN4O3. The Morgan fingerprint density at radius 3 is 2.77 bits per heavy atom. The van der Waals surface area contributed by atoms with Crippen LogP contribution in [0.5, 0.6) is 0 Å². The molecule has 4 heterocycles. The van der Waals surface area contributed by atoms with E-state index < -0.39 is 5.97 Å². The summed E-state index contributed by atoms with van der Waals surface area (Å²) in [5.74, 6) is -0.810. The van der Waals surface area contributed by atoms with E-state index in [9.17, 15) is 9.90 Å². The van der Waals surface area contributed by atoms with Crippen molar-refractivity contribution in [1.82, 2.24) is 19.5 Å². The van der Waals surface area contributed by atoms with E-state index in [1.165, 1.54) is 0 Å². The zero-order valence-electron chi connectivity index (χ0n) is 17.0. The van der Waals surface area contributed by atoms with Crippen molar-refractivity contribution in [3.8, 4) is 11.1 Å². The molecule has 1 N–H and O–H groups in total. The summed E-state index contributed by atoms with van der Waals surface area (Å²) in [4.78, 5) is 18.1. The number of halogens is 1. The average Bonchev–Trinajstić information content (AvgIpc) is 3.15. The van der Waals surface area contributed by atoms with Crippen molar-refractivity contribution in [2.45, 2.75) is 32.7 Å². The first-order valence-corrected chi connectivity index (χ1v) is 11.0. The van der Waals surface area contributed by atoms with Gasteiger partial charge in [0.2, 0.25) is 0 Å². The molecule has 8 heteroatoms. The van der Waals surface area contributed by atoms with Crippen LogP contribution in [0.4, 0.5) is 0 Å². The summed E-state index contributed by atoms with van der Waals surface area (Å²) in [5.41, 5.74) is 5.99. The quantitative estimate of drug-likeness (QED) is 0.565. The van der Waals surface area contributed by atoms with Crippen LogP contribution in [-0.2, 0) is 28.9 Å². The lowest BCUT2D eigenvalue weighted by Crippen LogP contribution is -2.36. The van der Waals surface area contributed by atoms with Gasteiger partial charge in [-0.25, -0.2) is 4.52 Å². The molecule has 158 valence electrons. The molecule has 4 rings (SSSR count). The van der Waals surface area contributed by atoms with E-state index in [1.54, 1.807) is 6.20 Å². The molecule has 0 unspecified atom stereocenters. The smallest absolute Gasteiger partial charge is 0.303 e. The molecule has 0 bridgehead atoms. The van der Waals surface area contributed by atoms with Gasteiger partial charge in [-0.15, -0.1) is 0 Å². The number of aliphatic carboxylic acids is 1. The van der Waals surface area contributed by atoms with Crippen molar-refractivity contribution in [2.24, 2.45) is 0 Å². The van der Waals surface area contributed by atoms with Crippen LogP contribution in [0.25, 0.3) is 16.6 Å². The number of carboxylic acid groups (broad SMARTS) is 1. The molecule has 1 saturated heterocycles. The van der Waals surface area contributed by atoms with Crippen molar-refractivity contribution in [3.63, 3.8) is 0 Å². The predicted molar refractivity (Wildman–Crippen MR) is 118 cm³/mol. The maximum Gasteiger partial charge on any atom is 0.303 e. The topological polar surface area (TPSA) is 80.0 Å². The number of rotatable bonds is 7. The number of morpholine rings is 1. The summed E-state index contributed by atoms with van der Waals surface area (Å²) in [5, 5.41) is 14.4. The zero-order valence-corrected chi connectivity index (χ0v) is 18.6. The molecule has 1 aliphatic rings. The number of aromatic nitrogens is 3. The Hall–Kier alpha value is -2.29. The van der Waals surface area contributed by atoms with E-state index >= 15 is 0 Å². The van der Waals surface area contributed by atoms with Crippen LogP contribution in [0.3, 0.4) is 0 Å². The average molecular weight is 473 g/mol. The summed E-state index contributed by atoms with van der Waals surface area (Å²) >= 11 is 3.53. The number of aryl methyl sites for hydroxylation is 1. The molecule has 0 aromatic carbocycles. The Balaban J connectivity index is 1.92. The molecule has 0 radical (unpaired) electrons. The van der Waals surface area contributed by atoms with Gasteiger partial charge in [0.1, 0.15) is 0 Å². The normalized spacial score (nSPS) is 15.0. The molecule has 1 aliphatic heterocycles. The van der Waals surface area contributed by atoms with Crippen LogP contribution in [-0.4, -0.2) is 56.9 Å². The fourth-order valence-corrected chi connectivity index (χ4v) is 4.36. The maximum atomic E-state index is 11.4. The molecule has 30 heavy (non-hydrogen) atoms. The molecule has 0 spiro atoms. The van der Waals surface area contributed by atoms with E-state index in [4.69, 9.17) is 9.84 Å². The highest BCUT2D eigenvalue weighted by Gasteiger charge is 2.22. The van der Waals surface area contributed by atoms with Gasteiger partial charge in [-0.3, -0.25) is 14.7 Å². The van der Waals surface area contributed by atoms with Crippen molar-refractivity contribution in [3.05, 3.63) is 52.0 Å². The number of carbonyl (C=O) groups is 1. The predicted octanol–water partition coefficient (Wildman–Crippen LogP) is 3.57. The zero-order chi connectivity index (χ0) is 21.1. The van der Waals surface area contributed by atoms with Gasteiger partial charge in [0.05, 0.1) is 24.4 Å². The first kappa shape index (κ1) is 21.0. The van der Waals surface area contributed by atoms with E-state index in [-0.39, 0.29) is 6.42 Å². The van der Waals surface area contributed by atoms with E-state index in [1.807, 2.05) is 16.8 Å². The fourth-order valence-electron chi connectivity index (χ4n) is 4.00. The molecular weight excluding hydrogens is 448 g/mol. The molecule has 3 aromatic heterocycles. The number of fused-ring (bicyclic) bond motifs is 1. The van der Waals surface area contributed by atoms with E-state index in [2.05, 4.69) is 44.9 Å². The van der Waals surface area contributed by atoms with Gasteiger partial charge in [0, 0.05) is 59.7 Å². The Bertz CT molecular complexity index is 1060.